The van der Waals surface area contributed by atoms with Gasteiger partial charge in [-0.15, -0.1) is 0 Å². The molecule has 0 spiro atoms. The predicted molar refractivity (Wildman–Crippen MR) is 159 cm³/mol. The number of nitrogens with zero attached hydrogens (tertiary/aromatic N) is 1. The first-order valence-corrected chi connectivity index (χ1v) is 13.7. The molecule has 0 aliphatic heterocycles. The Hall–Kier alpha value is -3.79. The number of carbonyl (C=O) groups is 4. The van der Waals surface area contributed by atoms with E-state index in [0.29, 0.717) is 21.8 Å². The van der Waals surface area contributed by atoms with Crippen molar-refractivity contribution in [3.63, 3.8) is 0 Å². The quantitative estimate of drug-likeness (QED) is 0.319. The molecule has 0 saturated carbocycles. The Balaban J connectivity index is 2.70. The molecule has 224 valence electrons. The van der Waals surface area contributed by atoms with Gasteiger partial charge in [-0.1, -0.05) is 41.9 Å². The van der Waals surface area contributed by atoms with Crippen molar-refractivity contribution in [2.24, 2.45) is 5.73 Å². The van der Waals surface area contributed by atoms with Crippen LogP contribution in [0.5, 0.6) is 5.75 Å². The largest absolute Gasteiger partial charge is 0.507 e. The number of carbonyl (C=O) groups excluding carboxylic acids is 4. The maximum absolute atomic E-state index is 14.3. The average Bonchev–Trinajstić information content (AvgIpc) is 2.82. The minimum Gasteiger partial charge on any atom is -0.507 e. The summed E-state index contributed by atoms with van der Waals surface area (Å²) in [4.78, 5) is 54.1. The Morgan fingerprint density at radius 1 is 1.00 bits per heavy atom. The number of nitrogens with two attached hydrogens (primary N) is 1. The highest BCUT2D eigenvalue weighted by Gasteiger charge is 2.43. The van der Waals surface area contributed by atoms with Gasteiger partial charge in [0.2, 0.25) is 11.8 Å². The summed E-state index contributed by atoms with van der Waals surface area (Å²) in [5.74, 6) is -2.16. The second-order valence-corrected chi connectivity index (χ2v) is 12.3. The van der Waals surface area contributed by atoms with E-state index in [1.807, 2.05) is 0 Å². The summed E-state index contributed by atoms with van der Waals surface area (Å²) in [5, 5.41) is 16.8. The Bertz CT molecular complexity index is 1280. The molecule has 5 N–H and O–H groups in total. The van der Waals surface area contributed by atoms with Crippen LogP contribution in [0.4, 0.5) is 10.5 Å². The number of phenols is 1. The van der Waals surface area contributed by atoms with Gasteiger partial charge in [0.05, 0.1) is 10.7 Å². The molecule has 2 aromatic rings. The van der Waals surface area contributed by atoms with Crippen molar-refractivity contribution in [3.05, 3.63) is 58.1 Å². The van der Waals surface area contributed by atoms with Crippen LogP contribution in [0, 0.1) is 13.8 Å². The van der Waals surface area contributed by atoms with E-state index in [4.69, 9.17) is 22.1 Å². The lowest BCUT2D eigenvalue weighted by Gasteiger charge is -2.43. The van der Waals surface area contributed by atoms with Crippen LogP contribution in [-0.2, 0) is 19.1 Å². The Labute approximate surface area is 246 Å². The van der Waals surface area contributed by atoms with Crippen molar-refractivity contribution in [3.8, 4) is 5.75 Å². The van der Waals surface area contributed by atoms with Gasteiger partial charge in [-0.25, -0.2) is 4.79 Å². The number of alkyl carbamates (subject to hydrolysis) is 1. The van der Waals surface area contributed by atoms with Gasteiger partial charge in [-0.2, -0.15) is 0 Å². The van der Waals surface area contributed by atoms with Crippen LogP contribution < -0.4 is 16.4 Å². The number of anilines is 1. The summed E-state index contributed by atoms with van der Waals surface area (Å²) in [6, 6.07) is 7.40. The van der Waals surface area contributed by atoms with E-state index in [0.717, 1.165) is 0 Å². The molecule has 0 radical (unpaired) electrons. The number of para-hydroxylation sites is 2. The number of hydrogen-bond donors (Lipinski definition) is 4. The third kappa shape index (κ3) is 9.11. The number of benzene rings is 2. The maximum atomic E-state index is 14.3. The number of hydrogen-bond acceptors (Lipinski definition) is 6. The standard InChI is InChI=1S/C30H41ClN4O6/c1-17-11-10-14-20(31)23(17)34-26(38)24(19-13-9-12-18(2)25(19)37)35(29(3,4)5)27(39)21(15-16-22(32)36)33-28(40)41-30(6,7)8/h9-14,21,24,37H,15-16H2,1-8H3,(H2,32,36)(H,33,40)(H,34,38). The summed E-state index contributed by atoms with van der Waals surface area (Å²) in [5.41, 5.74) is 5.20. The molecule has 0 saturated heterocycles. The van der Waals surface area contributed by atoms with E-state index in [9.17, 15) is 24.3 Å². The summed E-state index contributed by atoms with van der Waals surface area (Å²) in [6.07, 6.45) is -1.23. The lowest BCUT2D eigenvalue weighted by Crippen LogP contribution is -2.58. The van der Waals surface area contributed by atoms with Gasteiger partial charge in [0.15, 0.2) is 0 Å². The van der Waals surface area contributed by atoms with Crippen molar-refractivity contribution >= 4 is 41.1 Å². The number of ether oxygens (including phenoxy) is 1. The van der Waals surface area contributed by atoms with Crippen LogP contribution >= 0.6 is 11.6 Å². The highest BCUT2D eigenvalue weighted by molar-refractivity contribution is 6.34. The molecular weight excluding hydrogens is 548 g/mol. The van der Waals surface area contributed by atoms with Gasteiger partial charge in [0.25, 0.3) is 5.91 Å². The molecule has 4 amide bonds. The van der Waals surface area contributed by atoms with E-state index >= 15 is 0 Å². The summed E-state index contributed by atoms with van der Waals surface area (Å²) < 4.78 is 5.35. The second-order valence-electron chi connectivity index (χ2n) is 11.9. The van der Waals surface area contributed by atoms with Gasteiger partial charge in [0.1, 0.15) is 23.4 Å². The molecule has 0 bridgehead atoms. The summed E-state index contributed by atoms with van der Waals surface area (Å²) in [6.45, 7) is 13.6. The second kappa shape index (κ2) is 13.2. The molecule has 41 heavy (non-hydrogen) atoms. The molecule has 0 aromatic heterocycles. The molecule has 2 rings (SSSR count). The number of aromatic hydroxyl groups is 1. The van der Waals surface area contributed by atoms with E-state index in [1.165, 1.54) is 4.90 Å². The van der Waals surface area contributed by atoms with E-state index in [2.05, 4.69) is 10.6 Å². The molecule has 10 nitrogen and oxygen atoms in total. The summed E-state index contributed by atoms with van der Waals surface area (Å²) in [7, 11) is 0. The molecule has 2 atom stereocenters. The van der Waals surface area contributed by atoms with Crippen LogP contribution in [-0.4, -0.2) is 51.0 Å². The van der Waals surface area contributed by atoms with E-state index in [1.54, 1.807) is 91.8 Å². The van der Waals surface area contributed by atoms with Gasteiger partial charge in [-0.3, -0.25) is 14.4 Å². The minimum atomic E-state index is -1.37. The number of halogens is 1. The average molecular weight is 589 g/mol. The lowest BCUT2D eigenvalue weighted by molar-refractivity contribution is -0.147. The number of aryl methyl sites for hydroxylation is 2. The Morgan fingerprint density at radius 3 is 2.12 bits per heavy atom. The SMILES string of the molecule is Cc1cccc(C(C(=O)Nc2c(C)cccc2Cl)N(C(=O)C(CCC(N)=O)NC(=O)OC(C)(C)C)C(C)(C)C)c1O. The van der Waals surface area contributed by atoms with Crippen LogP contribution in [0.1, 0.15) is 77.1 Å². The van der Waals surface area contributed by atoms with Crippen molar-refractivity contribution < 1.29 is 29.0 Å². The third-order valence-electron chi connectivity index (χ3n) is 6.17. The lowest BCUT2D eigenvalue weighted by atomic mass is 9.93. The molecule has 2 unspecified atom stereocenters. The minimum absolute atomic E-state index is 0.141. The van der Waals surface area contributed by atoms with Gasteiger partial charge in [-0.05, 0) is 79.0 Å². The molecule has 0 heterocycles. The van der Waals surface area contributed by atoms with Gasteiger partial charge >= 0.3 is 6.09 Å². The highest BCUT2D eigenvalue weighted by Crippen LogP contribution is 2.37. The van der Waals surface area contributed by atoms with Crippen LogP contribution in [0.25, 0.3) is 0 Å². The molecule has 0 aliphatic carbocycles. The predicted octanol–water partition coefficient (Wildman–Crippen LogP) is 5.13. The third-order valence-corrected chi connectivity index (χ3v) is 6.48. The fourth-order valence-corrected chi connectivity index (χ4v) is 4.56. The fraction of sp³-hybridized carbons (Fsp3) is 0.467. The molecule has 0 aliphatic rings. The number of nitrogens with one attached hydrogen (secondary N) is 2. The first-order chi connectivity index (χ1) is 18.8. The zero-order chi connectivity index (χ0) is 31.3. The zero-order valence-corrected chi connectivity index (χ0v) is 25.7. The monoisotopic (exact) mass is 588 g/mol. The van der Waals surface area contributed by atoms with E-state index in [-0.39, 0.29) is 24.2 Å². The van der Waals surface area contributed by atoms with Crippen molar-refractivity contribution in [2.45, 2.75) is 91.5 Å². The van der Waals surface area contributed by atoms with Gasteiger partial charge in [0, 0.05) is 17.5 Å². The zero-order valence-electron chi connectivity index (χ0n) is 24.9. The number of primary amides is 1. The molecule has 11 heteroatoms. The van der Waals surface area contributed by atoms with E-state index < -0.39 is 47.0 Å². The fourth-order valence-electron chi connectivity index (χ4n) is 4.29. The smallest absolute Gasteiger partial charge is 0.408 e. The number of amides is 4. The Kier molecular flexibility index (Phi) is 10.8. The topological polar surface area (TPSA) is 151 Å². The normalized spacial score (nSPS) is 13.1. The molecule has 2 aromatic carbocycles. The summed E-state index contributed by atoms with van der Waals surface area (Å²) >= 11 is 6.39. The number of rotatable bonds is 9. The first kappa shape index (κ1) is 33.4. The van der Waals surface area contributed by atoms with Gasteiger partial charge < -0.3 is 31.1 Å². The number of phenolic OH excluding ortho intramolecular Hbond substituents is 1. The molecule has 0 fully saturated rings. The van der Waals surface area contributed by atoms with Crippen LogP contribution in [0.15, 0.2) is 36.4 Å². The van der Waals surface area contributed by atoms with Crippen molar-refractivity contribution in [1.29, 1.82) is 0 Å². The van der Waals surface area contributed by atoms with Crippen LogP contribution in [0.2, 0.25) is 5.02 Å². The molecular formula is C30H41ClN4O6. The van der Waals surface area contributed by atoms with Crippen LogP contribution in [0.3, 0.4) is 0 Å². The van der Waals surface area contributed by atoms with Crippen molar-refractivity contribution in [1.82, 2.24) is 10.2 Å². The first-order valence-electron chi connectivity index (χ1n) is 13.3. The highest BCUT2D eigenvalue weighted by atomic mass is 35.5. The maximum Gasteiger partial charge on any atom is 0.408 e. The Morgan fingerprint density at radius 2 is 1.59 bits per heavy atom. The van der Waals surface area contributed by atoms with Crippen molar-refractivity contribution in [2.75, 3.05) is 5.32 Å².